The van der Waals surface area contributed by atoms with Gasteiger partial charge in [0.15, 0.2) is 0 Å². The van der Waals surface area contributed by atoms with E-state index < -0.39 is 0 Å². The minimum absolute atomic E-state index is 0. The average Bonchev–Trinajstić information content (AvgIpc) is 2.87. The molecule has 0 radical (unpaired) electrons. The maximum atomic E-state index is 12.2. The molecule has 0 aromatic heterocycles. The molecule has 1 aromatic carbocycles. The van der Waals surface area contributed by atoms with Gasteiger partial charge in [0.05, 0.1) is 5.54 Å². The standard InChI is InChI=1S/C14H20N2O.ClH/c1-2-14(9-6-10-16-14)13(17)15-11-12-7-4-3-5-8-12;/h3-5,7-8,16H,2,6,9-11H2,1H3,(H,15,17);1H. The summed E-state index contributed by atoms with van der Waals surface area (Å²) >= 11 is 0. The Morgan fingerprint density at radius 3 is 2.67 bits per heavy atom. The fourth-order valence-corrected chi connectivity index (χ4v) is 2.41. The molecule has 1 atom stereocenters. The lowest BCUT2D eigenvalue weighted by Gasteiger charge is -2.26. The first-order valence-corrected chi connectivity index (χ1v) is 6.34. The van der Waals surface area contributed by atoms with Crippen LogP contribution in [-0.4, -0.2) is 18.0 Å². The van der Waals surface area contributed by atoms with Gasteiger partial charge < -0.3 is 10.6 Å². The highest BCUT2D eigenvalue weighted by Crippen LogP contribution is 2.23. The third-order valence-electron chi connectivity index (χ3n) is 3.58. The van der Waals surface area contributed by atoms with E-state index in [0.717, 1.165) is 31.4 Å². The monoisotopic (exact) mass is 268 g/mol. The van der Waals surface area contributed by atoms with Gasteiger partial charge in [-0.3, -0.25) is 4.79 Å². The molecule has 0 spiro atoms. The van der Waals surface area contributed by atoms with E-state index in [9.17, 15) is 4.79 Å². The predicted octanol–water partition coefficient (Wildman–Crippen LogP) is 2.26. The van der Waals surface area contributed by atoms with Crippen molar-refractivity contribution in [2.24, 2.45) is 0 Å². The van der Waals surface area contributed by atoms with E-state index in [2.05, 4.69) is 17.6 Å². The maximum absolute atomic E-state index is 12.2. The van der Waals surface area contributed by atoms with Gasteiger partial charge in [-0.15, -0.1) is 12.4 Å². The number of amides is 1. The van der Waals surface area contributed by atoms with Crippen LogP contribution < -0.4 is 10.6 Å². The molecule has 1 heterocycles. The molecule has 18 heavy (non-hydrogen) atoms. The van der Waals surface area contributed by atoms with Crippen LogP contribution in [0.1, 0.15) is 31.7 Å². The lowest BCUT2D eigenvalue weighted by molar-refractivity contribution is -0.127. The topological polar surface area (TPSA) is 41.1 Å². The van der Waals surface area contributed by atoms with Crippen LogP contribution in [-0.2, 0) is 11.3 Å². The van der Waals surface area contributed by atoms with Crippen molar-refractivity contribution in [2.75, 3.05) is 6.54 Å². The van der Waals surface area contributed by atoms with Crippen LogP contribution in [0.25, 0.3) is 0 Å². The predicted molar refractivity (Wildman–Crippen MR) is 75.8 cm³/mol. The zero-order chi connectivity index (χ0) is 12.1. The highest BCUT2D eigenvalue weighted by atomic mass is 35.5. The molecule has 1 aliphatic heterocycles. The van der Waals surface area contributed by atoms with Crippen LogP contribution in [0.4, 0.5) is 0 Å². The maximum Gasteiger partial charge on any atom is 0.240 e. The van der Waals surface area contributed by atoms with Crippen molar-refractivity contribution in [2.45, 2.75) is 38.3 Å². The molecule has 1 unspecified atom stereocenters. The molecular formula is C14H21ClN2O. The third-order valence-corrected chi connectivity index (χ3v) is 3.58. The van der Waals surface area contributed by atoms with Gasteiger partial charge in [-0.05, 0) is 31.4 Å². The number of carbonyl (C=O) groups excluding carboxylic acids is 1. The molecule has 1 fully saturated rings. The zero-order valence-electron chi connectivity index (χ0n) is 10.7. The minimum Gasteiger partial charge on any atom is -0.350 e. The van der Waals surface area contributed by atoms with Crippen molar-refractivity contribution in [1.29, 1.82) is 0 Å². The molecule has 100 valence electrons. The van der Waals surface area contributed by atoms with Crippen LogP contribution in [0.3, 0.4) is 0 Å². The van der Waals surface area contributed by atoms with E-state index in [1.807, 2.05) is 30.3 Å². The number of hydrogen-bond acceptors (Lipinski definition) is 2. The molecule has 1 aliphatic rings. The third kappa shape index (κ3) is 3.24. The fourth-order valence-electron chi connectivity index (χ4n) is 2.41. The number of hydrogen-bond donors (Lipinski definition) is 2. The van der Waals surface area contributed by atoms with Gasteiger partial charge >= 0.3 is 0 Å². The van der Waals surface area contributed by atoms with Crippen molar-refractivity contribution in [3.05, 3.63) is 35.9 Å². The van der Waals surface area contributed by atoms with Gasteiger partial charge in [0.25, 0.3) is 0 Å². The van der Waals surface area contributed by atoms with E-state index >= 15 is 0 Å². The molecule has 1 aromatic rings. The first-order chi connectivity index (χ1) is 8.27. The van der Waals surface area contributed by atoms with E-state index in [4.69, 9.17) is 0 Å². The number of nitrogens with one attached hydrogen (secondary N) is 2. The van der Waals surface area contributed by atoms with Crippen molar-refractivity contribution >= 4 is 18.3 Å². The summed E-state index contributed by atoms with van der Waals surface area (Å²) < 4.78 is 0. The van der Waals surface area contributed by atoms with Gasteiger partial charge in [0, 0.05) is 6.54 Å². The Kier molecular flexibility index (Phi) is 5.63. The molecule has 2 N–H and O–H groups in total. The number of carbonyl (C=O) groups is 1. The Balaban J connectivity index is 0.00000162. The van der Waals surface area contributed by atoms with Crippen LogP contribution in [0.15, 0.2) is 30.3 Å². The van der Waals surface area contributed by atoms with Gasteiger partial charge in [-0.1, -0.05) is 37.3 Å². The first kappa shape index (κ1) is 15.0. The molecule has 0 bridgehead atoms. The molecule has 4 heteroatoms. The molecule has 2 rings (SSSR count). The SMILES string of the molecule is CCC1(C(=O)NCc2ccccc2)CCCN1.Cl. The Hall–Kier alpha value is -1.06. The number of rotatable bonds is 4. The Bertz CT molecular complexity index is 375. The van der Waals surface area contributed by atoms with Gasteiger partial charge in [-0.25, -0.2) is 0 Å². The van der Waals surface area contributed by atoms with Crippen LogP contribution >= 0.6 is 12.4 Å². The summed E-state index contributed by atoms with van der Waals surface area (Å²) in [5.74, 6) is 0.140. The van der Waals surface area contributed by atoms with Crippen molar-refractivity contribution in [3.8, 4) is 0 Å². The number of benzene rings is 1. The lowest BCUT2D eigenvalue weighted by atomic mass is 9.93. The van der Waals surface area contributed by atoms with Crippen molar-refractivity contribution < 1.29 is 4.79 Å². The summed E-state index contributed by atoms with van der Waals surface area (Å²) in [4.78, 5) is 12.2. The smallest absolute Gasteiger partial charge is 0.240 e. The number of halogens is 1. The summed E-state index contributed by atoms with van der Waals surface area (Å²) in [6.45, 7) is 3.64. The Labute approximate surface area is 115 Å². The summed E-state index contributed by atoms with van der Waals surface area (Å²) in [5.41, 5.74) is 0.819. The molecular weight excluding hydrogens is 248 g/mol. The van der Waals surface area contributed by atoms with Gasteiger partial charge in [0.1, 0.15) is 0 Å². The second kappa shape index (κ2) is 6.76. The highest BCUT2D eigenvalue weighted by Gasteiger charge is 2.38. The van der Waals surface area contributed by atoms with Crippen LogP contribution in [0.5, 0.6) is 0 Å². The molecule has 3 nitrogen and oxygen atoms in total. The van der Waals surface area contributed by atoms with Gasteiger partial charge in [0.2, 0.25) is 5.91 Å². The first-order valence-electron chi connectivity index (χ1n) is 6.34. The highest BCUT2D eigenvalue weighted by molar-refractivity contribution is 5.86. The zero-order valence-corrected chi connectivity index (χ0v) is 11.6. The second-order valence-corrected chi connectivity index (χ2v) is 4.63. The molecule has 1 amide bonds. The lowest BCUT2D eigenvalue weighted by Crippen LogP contribution is -2.52. The van der Waals surface area contributed by atoms with Crippen LogP contribution in [0.2, 0.25) is 0 Å². The Morgan fingerprint density at radius 1 is 1.39 bits per heavy atom. The van der Waals surface area contributed by atoms with E-state index in [1.165, 1.54) is 0 Å². The normalized spacial score (nSPS) is 22.3. The fraction of sp³-hybridized carbons (Fsp3) is 0.500. The van der Waals surface area contributed by atoms with E-state index in [-0.39, 0.29) is 23.9 Å². The summed E-state index contributed by atoms with van der Waals surface area (Å²) in [6.07, 6.45) is 2.89. The average molecular weight is 269 g/mol. The van der Waals surface area contributed by atoms with Crippen molar-refractivity contribution in [1.82, 2.24) is 10.6 Å². The summed E-state index contributed by atoms with van der Waals surface area (Å²) in [7, 11) is 0. The van der Waals surface area contributed by atoms with Gasteiger partial charge in [-0.2, -0.15) is 0 Å². The molecule has 1 saturated heterocycles. The molecule has 0 aliphatic carbocycles. The Morgan fingerprint density at radius 2 is 2.11 bits per heavy atom. The van der Waals surface area contributed by atoms with E-state index in [1.54, 1.807) is 0 Å². The van der Waals surface area contributed by atoms with Crippen molar-refractivity contribution in [3.63, 3.8) is 0 Å². The summed E-state index contributed by atoms with van der Waals surface area (Å²) in [6, 6.07) is 10.0. The second-order valence-electron chi connectivity index (χ2n) is 4.63. The minimum atomic E-state index is -0.325. The van der Waals surface area contributed by atoms with Crippen LogP contribution in [0, 0.1) is 0 Å². The molecule has 0 saturated carbocycles. The largest absolute Gasteiger partial charge is 0.350 e. The summed E-state index contributed by atoms with van der Waals surface area (Å²) in [5, 5.41) is 6.37. The van der Waals surface area contributed by atoms with E-state index in [0.29, 0.717) is 6.54 Å². The quantitative estimate of drug-likeness (QED) is 0.880.